The van der Waals surface area contributed by atoms with E-state index in [0.29, 0.717) is 44.0 Å². The van der Waals surface area contributed by atoms with Crippen molar-refractivity contribution < 1.29 is 19.2 Å². The molecule has 0 radical (unpaired) electrons. The number of likely N-dealkylation sites (tertiary alicyclic amines) is 1. The number of hydrogen-bond acceptors (Lipinski definition) is 4. The Hall–Kier alpha value is -1.85. The van der Waals surface area contributed by atoms with Gasteiger partial charge >= 0.3 is 5.97 Å². The summed E-state index contributed by atoms with van der Waals surface area (Å²) in [7, 11) is 0. The van der Waals surface area contributed by atoms with E-state index in [-0.39, 0.29) is 5.91 Å². The third-order valence-corrected chi connectivity index (χ3v) is 4.87. The highest BCUT2D eigenvalue weighted by Crippen LogP contribution is 2.40. The Balaban J connectivity index is 1.65. The Morgan fingerprint density at radius 1 is 1.43 bits per heavy atom. The van der Waals surface area contributed by atoms with Crippen LogP contribution in [-0.4, -0.2) is 40.1 Å². The zero-order chi connectivity index (χ0) is 15.0. The minimum atomic E-state index is -0.755. The number of carboxylic acids is 1. The Labute approximate surface area is 123 Å². The largest absolute Gasteiger partial charge is 0.481 e. The van der Waals surface area contributed by atoms with Crippen LogP contribution in [0.1, 0.15) is 61.2 Å². The molecule has 2 fully saturated rings. The molecule has 2 aliphatic rings. The molecule has 1 aliphatic carbocycles. The summed E-state index contributed by atoms with van der Waals surface area (Å²) in [4.78, 5) is 25.5. The number of rotatable bonds is 4. The van der Waals surface area contributed by atoms with Gasteiger partial charge in [-0.25, -0.2) is 0 Å². The quantitative estimate of drug-likeness (QED) is 0.920. The van der Waals surface area contributed by atoms with Gasteiger partial charge in [-0.15, -0.1) is 0 Å². The Morgan fingerprint density at radius 3 is 2.62 bits per heavy atom. The van der Waals surface area contributed by atoms with Crippen molar-refractivity contribution >= 4 is 11.9 Å². The normalized spacial score (nSPS) is 21.3. The van der Waals surface area contributed by atoms with E-state index in [1.54, 1.807) is 11.0 Å². The first kappa shape index (κ1) is 14.1. The van der Waals surface area contributed by atoms with E-state index in [1.165, 1.54) is 0 Å². The van der Waals surface area contributed by atoms with Gasteiger partial charge in [0.1, 0.15) is 5.76 Å². The fourth-order valence-corrected chi connectivity index (χ4v) is 2.97. The Bertz CT molecular complexity index is 554. The molecular formula is C15H20N2O4. The van der Waals surface area contributed by atoms with Crippen LogP contribution >= 0.6 is 0 Å². The van der Waals surface area contributed by atoms with E-state index < -0.39 is 11.4 Å². The molecule has 0 unspecified atom stereocenters. The van der Waals surface area contributed by atoms with Crippen LogP contribution in [0.25, 0.3) is 0 Å². The monoisotopic (exact) mass is 292 g/mol. The summed E-state index contributed by atoms with van der Waals surface area (Å²) < 4.78 is 5.21. The number of aromatic nitrogens is 1. The van der Waals surface area contributed by atoms with E-state index in [9.17, 15) is 14.7 Å². The van der Waals surface area contributed by atoms with Crippen molar-refractivity contribution in [3.63, 3.8) is 0 Å². The van der Waals surface area contributed by atoms with Crippen molar-refractivity contribution in [3.05, 3.63) is 17.5 Å². The van der Waals surface area contributed by atoms with Crippen LogP contribution in [0.4, 0.5) is 0 Å². The Morgan fingerprint density at radius 2 is 2.10 bits per heavy atom. The smallest absolute Gasteiger partial charge is 0.309 e. The van der Waals surface area contributed by atoms with Crippen molar-refractivity contribution in [2.45, 2.75) is 44.9 Å². The van der Waals surface area contributed by atoms with Crippen molar-refractivity contribution in [2.24, 2.45) is 5.41 Å². The van der Waals surface area contributed by atoms with Crippen LogP contribution < -0.4 is 0 Å². The number of piperidine rings is 1. The maximum absolute atomic E-state index is 12.4. The molecule has 0 aromatic carbocycles. The SMILES string of the molecule is CCC1(C(=O)O)CCN(C(=O)c2cc(C3CC3)on2)CC1. The van der Waals surface area contributed by atoms with Gasteiger partial charge < -0.3 is 14.5 Å². The summed E-state index contributed by atoms with van der Waals surface area (Å²) in [5.74, 6) is 0.319. The maximum atomic E-state index is 12.4. The number of carbonyl (C=O) groups excluding carboxylic acids is 1. The van der Waals surface area contributed by atoms with Gasteiger partial charge in [0.2, 0.25) is 0 Å². The molecule has 0 atom stereocenters. The fraction of sp³-hybridized carbons (Fsp3) is 0.667. The number of aliphatic carboxylic acids is 1. The molecule has 0 spiro atoms. The molecule has 1 aromatic rings. The van der Waals surface area contributed by atoms with Crippen LogP contribution in [0.3, 0.4) is 0 Å². The average Bonchev–Trinajstić information content (AvgIpc) is 3.24. The highest BCUT2D eigenvalue weighted by molar-refractivity contribution is 5.92. The molecule has 21 heavy (non-hydrogen) atoms. The zero-order valence-electron chi connectivity index (χ0n) is 12.2. The van der Waals surface area contributed by atoms with Crippen molar-refractivity contribution in [3.8, 4) is 0 Å². The predicted molar refractivity (Wildman–Crippen MR) is 74.0 cm³/mol. The summed E-state index contributed by atoms with van der Waals surface area (Å²) in [6.07, 6.45) is 3.80. The molecule has 6 nitrogen and oxygen atoms in total. The molecule has 1 saturated heterocycles. The van der Waals surface area contributed by atoms with E-state index in [1.807, 2.05) is 6.92 Å². The number of hydrogen-bond donors (Lipinski definition) is 1. The lowest BCUT2D eigenvalue weighted by molar-refractivity contribution is -0.152. The number of carboxylic acid groups (broad SMARTS) is 1. The van der Waals surface area contributed by atoms with Crippen LogP contribution in [0, 0.1) is 5.41 Å². The standard InChI is InChI=1S/C15H20N2O4/c1-2-15(14(19)20)5-7-17(8-6-15)13(18)11-9-12(21-16-11)10-3-4-10/h9-10H,2-8H2,1H3,(H,19,20). The molecule has 1 aromatic heterocycles. The predicted octanol–water partition coefficient (Wildman–Crippen LogP) is 2.27. The van der Waals surface area contributed by atoms with Gasteiger partial charge in [0, 0.05) is 25.1 Å². The maximum Gasteiger partial charge on any atom is 0.309 e. The topological polar surface area (TPSA) is 83.6 Å². The second kappa shape index (κ2) is 5.16. The zero-order valence-corrected chi connectivity index (χ0v) is 12.2. The van der Waals surface area contributed by atoms with Gasteiger partial charge in [-0.2, -0.15) is 0 Å². The first-order valence-electron chi connectivity index (χ1n) is 7.55. The van der Waals surface area contributed by atoms with E-state index in [2.05, 4.69) is 5.16 Å². The van der Waals surface area contributed by atoms with Gasteiger partial charge in [-0.05, 0) is 32.1 Å². The minimum Gasteiger partial charge on any atom is -0.481 e. The Kier molecular flexibility index (Phi) is 3.47. The van der Waals surface area contributed by atoms with Crippen LogP contribution in [-0.2, 0) is 4.79 Å². The van der Waals surface area contributed by atoms with Crippen LogP contribution in [0.5, 0.6) is 0 Å². The molecule has 3 rings (SSSR count). The minimum absolute atomic E-state index is 0.152. The number of amides is 1. The molecule has 6 heteroatoms. The van der Waals surface area contributed by atoms with Crippen LogP contribution in [0.15, 0.2) is 10.6 Å². The highest BCUT2D eigenvalue weighted by Gasteiger charge is 2.41. The molecule has 1 N–H and O–H groups in total. The van der Waals surface area contributed by atoms with Gasteiger partial charge in [0.15, 0.2) is 5.69 Å². The lowest BCUT2D eigenvalue weighted by Gasteiger charge is -2.37. The third-order valence-electron chi connectivity index (χ3n) is 4.87. The molecule has 1 saturated carbocycles. The van der Waals surface area contributed by atoms with Gasteiger partial charge in [0.25, 0.3) is 5.91 Å². The highest BCUT2D eigenvalue weighted by atomic mass is 16.5. The summed E-state index contributed by atoms with van der Waals surface area (Å²) in [6.45, 7) is 2.82. The third kappa shape index (κ3) is 2.54. The fourth-order valence-electron chi connectivity index (χ4n) is 2.97. The molecule has 1 aliphatic heterocycles. The number of nitrogens with zero attached hydrogens (tertiary/aromatic N) is 2. The average molecular weight is 292 g/mol. The number of carbonyl (C=O) groups is 2. The van der Waals surface area contributed by atoms with E-state index >= 15 is 0 Å². The lowest BCUT2D eigenvalue weighted by atomic mass is 9.76. The van der Waals surface area contributed by atoms with Crippen molar-refractivity contribution in [1.82, 2.24) is 10.1 Å². The summed E-state index contributed by atoms with van der Waals surface area (Å²) in [5, 5.41) is 13.2. The van der Waals surface area contributed by atoms with Gasteiger partial charge in [0.05, 0.1) is 5.41 Å². The summed E-state index contributed by atoms with van der Waals surface area (Å²) >= 11 is 0. The van der Waals surface area contributed by atoms with Gasteiger partial charge in [-0.1, -0.05) is 12.1 Å². The summed E-state index contributed by atoms with van der Waals surface area (Å²) in [6, 6.07) is 1.73. The second-order valence-electron chi connectivity index (χ2n) is 6.12. The summed E-state index contributed by atoms with van der Waals surface area (Å²) in [5.41, 5.74) is -0.337. The molecule has 1 amide bonds. The first-order chi connectivity index (χ1) is 10.1. The molecule has 114 valence electrons. The molecular weight excluding hydrogens is 272 g/mol. The van der Waals surface area contributed by atoms with Crippen LogP contribution in [0.2, 0.25) is 0 Å². The first-order valence-corrected chi connectivity index (χ1v) is 7.55. The van der Waals surface area contributed by atoms with E-state index in [4.69, 9.17) is 4.52 Å². The van der Waals surface area contributed by atoms with Crippen molar-refractivity contribution in [1.29, 1.82) is 0 Å². The molecule has 2 heterocycles. The lowest BCUT2D eigenvalue weighted by Crippen LogP contribution is -2.46. The molecule has 0 bridgehead atoms. The van der Waals surface area contributed by atoms with Crippen molar-refractivity contribution in [2.75, 3.05) is 13.1 Å². The van der Waals surface area contributed by atoms with Gasteiger partial charge in [-0.3, -0.25) is 9.59 Å². The van der Waals surface area contributed by atoms with E-state index in [0.717, 1.165) is 18.6 Å². The second-order valence-corrected chi connectivity index (χ2v) is 6.12.